The van der Waals surface area contributed by atoms with Crippen LogP contribution in [0.1, 0.15) is 38.5 Å². The average molecular weight is 409 g/mol. The van der Waals surface area contributed by atoms with Gasteiger partial charge in [0.15, 0.2) is 0 Å². The zero-order chi connectivity index (χ0) is 20.3. The van der Waals surface area contributed by atoms with Crippen molar-refractivity contribution in [3.8, 4) is 0 Å². The number of ether oxygens (including phenoxy) is 1. The smallest absolute Gasteiger partial charge is 0.325 e. The Labute approximate surface area is 162 Å². The average Bonchev–Trinajstić information content (AvgIpc) is 2.83. The van der Waals surface area contributed by atoms with Crippen LogP contribution >= 0.6 is 0 Å². The van der Waals surface area contributed by atoms with Gasteiger partial charge in [-0.25, -0.2) is 13.1 Å². The first-order valence-corrected chi connectivity index (χ1v) is 10.7. The lowest BCUT2D eigenvalue weighted by Crippen LogP contribution is -2.34. The van der Waals surface area contributed by atoms with Crippen molar-refractivity contribution in [1.82, 2.24) is 9.29 Å². The zero-order valence-electron chi connectivity index (χ0n) is 15.6. The molecule has 9 nitrogen and oxygen atoms in total. The number of nitro groups is 1. The Morgan fingerprint density at radius 3 is 2.57 bits per heavy atom. The number of methoxy groups -OCH3 is 1. The standard InChI is InChI=1S/C18H23N3O6S/c1-27-18(22)12-20-11-17(15-10-14(21(23)24)8-9-16(15)20)28(25,26)19-13-6-4-2-3-5-7-13/h8-11,13,19H,2-7,12H2,1H3. The van der Waals surface area contributed by atoms with Crippen LogP contribution in [0.2, 0.25) is 0 Å². The Kier molecular flexibility index (Phi) is 5.99. The molecule has 0 unspecified atom stereocenters. The lowest BCUT2D eigenvalue weighted by molar-refractivity contribution is -0.384. The number of hydrogen-bond acceptors (Lipinski definition) is 6. The molecule has 0 atom stereocenters. The molecule has 1 aliphatic carbocycles. The molecule has 1 aliphatic rings. The highest BCUT2D eigenvalue weighted by atomic mass is 32.2. The number of fused-ring (bicyclic) bond motifs is 1. The molecule has 1 aromatic carbocycles. The van der Waals surface area contributed by atoms with Gasteiger partial charge in [0.05, 0.1) is 17.5 Å². The lowest BCUT2D eigenvalue weighted by atomic mass is 10.1. The summed E-state index contributed by atoms with van der Waals surface area (Å²) in [4.78, 5) is 22.2. The number of non-ortho nitro benzene ring substituents is 1. The second-order valence-electron chi connectivity index (χ2n) is 6.97. The van der Waals surface area contributed by atoms with Crippen molar-refractivity contribution in [1.29, 1.82) is 0 Å². The van der Waals surface area contributed by atoms with E-state index in [4.69, 9.17) is 0 Å². The summed E-state index contributed by atoms with van der Waals surface area (Å²) in [5.74, 6) is -0.545. The highest BCUT2D eigenvalue weighted by Crippen LogP contribution is 2.30. The maximum absolute atomic E-state index is 13.1. The van der Waals surface area contributed by atoms with Crippen molar-refractivity contribution < 1.29 is 22.9 Å². The number of hydrogen-bond donors (Lipinski definition) is 1. The van der Waals surface area contributed by atoms with E-state index >= 15 is 0 Å². The maximum atomic E-state index is 13.1. The Balaban J connectivity index is 2.05. The van der Waals surface area contributed by atoms with Crippen LogP contribution in [0.5, 0.6) is 0 Å². The second-order valence-corrected chi connectivity index (χ2v) is 8.65. The van der Waals surface area contributed by atoms with Gasteiger partial charge in [-0.2, -0.15) is 0 Å². The van der Waals surface area contributed by atoms with Crippen molar-refractivity contribution in [3.63, 3.8) is 0 Å². The van der Waals surface area contributed by atoms with Gasteiger partial charge in [-0.05, 0) is 18.9 Å². The number of nitro benzene ring substituents is 1. The topological polar surface area (TPSA) is 121 Å². The van der Waals surface area contributed by atoms with Crippen LogP contribution in [0.4, 0.5) is 5.69 Å². The normalized spacial score (nSPS) is 16.0. The van der Waals surface area contributed by atoms with Crippen molar-refractivity contribution >= 4 is 32.6 Å². The van der Waals surface area contributed by atoms with Gasteiger partial charge in [-0.1, -0.05) is 25.7 Å². The van der Waals surface area contributed by atoms with Gasteiger partial charge < -0.3 is 9.30 Å². The third kappa shape index (κ3) is 4.33. The van der Waals surface area contributed by atoms with Crippen LogP contribution in [0.25, 0.3) is 10.9 Å². The third-order valence-corrected chi connectivity index (χ3v) is 6.58. The van der Waals surface area contributed by atoms with Gasteiger partial charge >= 0.3 is 5.97 Å². The van der Waals surface area contributed by atoms with E-state index in [0.29, 0.717) is 5.52 Å². The summed E-state index contributed by atoms with van der Waals surface area (Å²) in [6.07, 6.45) is 6.96. The molecule has 0 saturated heterocycles. The predicted molar refractivity (Wildman–Crippen MR) is 102 cm³/mol. The minimum Gasteiger partial charge on any atom is -0.468 e. The number of rotatable bonds is 6. The Morgan fingerprint density at radius 2 is 1.96 bits per heavy atom. The van der Waals surface area contributed by atoms with Crippen LogP contribution in [0.15, 0.2) is 29.3 Å². The van der Waals surface area contributed by atoms with Crippen molar-refractivity contribution in [3.05, 3.63) is 34.5 Å². The summed E-state index contributed by atoms with van der Waals surface area (Å²) in [5.41, 5.74) is 0.200. The first-order valence-electron chi connectivity index (χ1n) is 9.18. The van der Waals surface area contributed by atoms with Crippen LogP contribution in [0.3, 0.4) is 0 Å². The van der Waals surface area contributed by atoms with E-state index in [1.165, 1.54) is 36.1 Å². The van der Waals surface area contributed by atoms with Crippen LogP contribution in [-0.4, -0.2) is 37.0 Å². The molecule has 2 aromatic rings. The van der Waals surface area contributed by atoms with Crippen LogP contribution in [0, 0.1) is 10.1 Å². The molecule has 1 heterocycles. The van der Waals surface area contributed by atoms with Gasteiger partial charge in [-0.3, -0.25) is 14.9 Å². The van der Waals surface area contributed by atoms with E-state index in [-0.39, 0.29) is 28.6 Å². The number of esters is 1. The number of carbonyl (C=O) groups excluding carboxylic acids is 1. The monoisotopic (exact) mass is 409 g/mol. The molecule has 0 bridgehead atoms. The predicted octanol–water partition coefficient (Wildman–Crippen LogP) is 2.72. The lowest BCUT2D eigenvalue weighted by Gasteiger charge is -2.16. The fourth-order valence-corrected chi connectivity index (χ4v) is 5.12. The highest BCUT2D eigenvalue weighted by molar-refractivity contribution is 7.89. The van der Waals surface area contributed by atoms with E-state index in [2.05, 4.69) is 9.46 Å². The van der Waals surface area contributed by atoms with Crippen LogP contribution < -0.4 is 4.72 Å². The number of aromatic nitrogens is 1. The molecule has 3 rings (SSSR count). The summed E-state index contributed by atoms with van der Waals surface area (Å²) in [6, 6.07) is 3.79. The molecule has 10 heteroatoms. The molecule has 152 valence electrons. The molecule has 0 spiro atoms. The van der Waals surface area contributed by atoms with Gasteiger partial charge in [0.2, 0.25) is 10.0 Å². The van der Waals surface area contributed by atoms with E-state index in [0.717, 1.165) is 38.5 Å². The van der Waals surface area contributed by atoms with Gasteiger partial charge in [0.1, 0.15) is 11.4 Å². The van der Waals surface area contributed by atoms with Gasteiger partial charge in [0.25, 0.3) is 5.69 Å². The first kappa shape index (κ1) is 20.3. The molecule has 0 amide bonds. The van der Waals surface area contributed by atoms with Gasteiger partial charge in [-0.15, -0.1) is 0 Å². The maximum Gasteiger partial charge on any atom is 0.325 e. The fraction of sp³-hybridized carbons (Fsp3) is 0.500. The van der Waals surface area contributed by atoms with E-state index in [1.54, 1.807) is 0 Å². The Bertz CT molecular complexity index is 990. The molecule has 1 fully saturated rings. The molecule has 1 N–H and O–H groups in total. The molecular weight excluding hydrogens is 386 g/mol. The van der Waals surface area contributed by atoms with Crippen LogP contribution in [-0.2, 0) is 26.1 Å². The van der Waals surface area contributed by atoms with Crippen molar-refractivity contribution in [2.75, 3.05) is 7.11 Å². The Morgan fingerprint density at radius 1 is 1.29 bits per heavy atom. The largest absolute Gasteiger partial charge is 0.468 e. The summed E-state index contributed by atoms with van der Waals surface area (Å²) >= 11 is 0. The second kappa shape index (κ2) is 8.27. The molecule has 0 aliphatic heterocycles. The quantitative estimate of drug-likeness (QED) is 0.339. The minimum absolute atomic E-state index is 0.0700. The fourth-order valence-electron chi connectivity index (χ4n) is 3.59. The number of benzene rings is 1. The number of sulfonamides is 1. The van der Waals surface area contributed by atoms with Gasteiger partial charge in [0, 0.05) is 29.8 Å². The minimum atomic E-state index is -3.91. The highest BCUT2D eigenvalue weighted by Gasteiger charge is 2.26. The molecule has 28 heavy (non-hydrogen) atoms. The third-order valence-electron chi connectivity index (χ3n) is 5.03. The first-order chi connectivity index (χ1) is 13.3. The summed E-state index contributed by atoms with van der Waals surface area (Å²) in [6.45, 7) is -0.191. The summed E-state index contributed by atoms with van der Waals surface area (Å²) < 4.78 is 35.0. The zero-order valence-corrected chi connectivity index (χ0v) is 16.4. The number of nitrogens with one attached hydrogen (secondary N) is 1. The SMILES string of the molecule is COC(=O)Cn1cc(S(=O)(=O)NC2CCCCCC2)c2cc([N+](=O)[O-])ccc21. The van der Waals surface area contributed by atoms with Crippen molar-refractivity contribution in [2.24, 2.45) is 0 Å². The molecular formula is C18H23N3O6S. The molecule has 1 saturated carbocycles. The summed E-state index contributed by atoms with van der Waals surface area (Å²) in [7, 11) is -2.67. The van der Waals surface area contributed by atoms with E-state index < -0.39 is 20.9 Å². The van der Waals surface area contributed by atoms with E-state index in [1.807, 2.05) is 0 Å². The number of nitrogens with zero attached hydrogens (tertiary/aromatic N) is 2. The Hall–Kier alpha value is -2.46. The van der Waals surface area contributed by atoms with E-state index in [9.17, 15) is 23.3 Å². The van der Waals surface area contributed by atoms with Crippen molar-refractivity contribution in [2.45, 2.75) is 56.0 Å². The molecule has 1 aromatic heterocycles. The summed E-state index contributed by atoms with van der Waals surface area (Å²) in [5, 5.41) is 11.4. The number of carbonyl (C=O) groups is 1. The molecule has 0 radical (unpaired) electrons.